The van der Waals surface area contributed by atoms with Gasteiger partial charge in [-0.15, -0.1) is 11.8 Å². The van der Waals surface area contributed by atoms with Gasteiger partial charge in [-0.05, 0) is 55.9 Å². The molecule has 4 rings (SSSR count). The van der Waals surface area contributed by atoms with Gasteiger partial charge in [-0.25, -0.2) is 0 Å². The van der Waals surface area contributed by atoms with Crippen LogP contribution in [0.15, 0.2) is 89.8 Å². The Hall–Kier alpha value is -3.89. The Labute approximate surface area is 241 Å². The molecule has 2 amide bonds. The summed E-state index contributed by atoms with van der Waals surface area (Å²) in [7, 11) is 0. The number of thioether (sulfide) groups is 1. The zero-order valence-corrected chi connectivity index (χ0v) is 24.2. The first-order valence-corrected chi connectivity index (χ1v) is 14.7. The van der Waals surface area contributed by atoms with E-state index in [2.05, 4.69) is 53.0 Å². The summed E-state index contributed by atoms with van der Waals surface area (Å²) in [5.41, 5.74) is 11.6. The predicted molar refractivity (Wildman–Crippen MR) is 166 cm³/mol. The van der Waals surface area contributed by atoms with Crippen molar-refractivity contribution in [2.45, 2.75) is 56.6 Å². The van der Waals surface area contributed by atoms with E-state index in [1.54, 1.807) is 0 Å². The van der Waals surface area contributed by atoms with Crippen LogP contribution in [0.1, 0.15) is 45.1 Å². The molecule has 0 radical (unpaired) electrons. The Morgan fingerprint density at radius 2 is 2.10 bits per heavy atom. The van der Waals surface area contributed by atoms with Gasteiger partial charge in [-0.2, -0.15) is 0 Å². The van der Waals surface area contributed by atoms with Crippen LogP contribution in [0.3, 0.4) is 0 Å². The molecule has 1 aromatic heterocycles. The zero-order chi connectivity index (χ0) is 28.5. The van der Waals surface area contributed by atoms with Crippen molar-refractivity contribution in [2.75, 3.05) is 13.1 Å². The van der Waals surface area contributed by atoms with E-state index >= 15 is 0 Å². The molecule has 0 spiro atoms. The summed E-state index contributed by atoms with van der Waals surface area (Å²) >= 11 is 1.52. The van der Waals surface area contributed by atoms with Crippen LogP contribution in [-0.4, -0.2) is 45.4 Å². The van der Waals surface area contributed by atoms with Gasteiger partial charge in [-0.1, -0.05) is 67.0 Å². The standard InChI is InChI=1S/C33H38N4O2S/c1-23(14-16-26-9-5-4-6-10-26)13-15-24(2)33-37(20-18-25(3)34)32(39)30(40-33)21-31(38)35-19-17-27-22-36-29-12-8-7-11-28(27)29/h5,7-13,15,22,30,33,36H,3-4,6,17-21,34H2,1-2H3,(H,35,38)/b23-13+,24-15+. The van der Waals surface area contributed by atoms with Crippen molar-refractivity contribution in [3.8, 4) is 11.8 Å². The van der Waals surface area contributed by atoms with Gasteiger partial charge in [-0.3, -0.25) is 9.59 Å². The van der Waals surface area contributed by atoms with Gasteiger partial charge in [0.25, 0.3) is 0 Å². The van der Waals surface area contributed by atoms with Crippen LogP contribution in [0.4, 0.5) is 0 Å². The second-order valence-electron chi connectivity index (χ2n) is 10.2. The third kappa shape index (κ3) is 7.83. The van der Waals surface area contributed by atoms with E-state index in [1.165, 1.54) is 17.1 Å². The quantitative estimate of drug-likeness (QED) is 0.266. The van der Waals surface area contributed by atoms with Crippen molar-refractivity contribution in [3.63, 3.8) is 0 Å². The maximum atomic E-state index is 13.4. The van der Waals surface area contributed by atoms with Crippen molar-refractivity contribution >= 4 is 34.5 Å². The molecular formula is C33H38N4O2S. The van der Waals surface area contributed by atoms with Gasteiger partial charge in [0.05, 0.1) is 10.6 Å². The fourth-order valence-electron chi connectivity index (χ4n) is 4.74. The average molecular weight is 555 g/mol. The van der Waals surface area contributed by atoms with Crippen molar-refractivity contribution in [1.82, 2.24) is 15.2 Å². The molecule has 2 atom stereocenters. The van der Waals surface area contributed by atoms with E-state index in [-0.39, 0.29) is 23.6 Å². The molecule has 0 bridgehead atoms. The summed E-state index contributed by atoms with van der Waals surface area (Å²) in [6.07, 6.45) is 15.8. The topological polar surface area (TPSA) is 91.2 Å². The molecule has 2 aromatic rings. The Bertz CT molecular complexity index is 1450. The number of benzene rings is 1. The molecule has 208 valence electrons. The van der Waals surface area contributed by atoms with E-state index in [0.717, 1.165) is 47.1 Å². The summed E-state index contributed by atoms with van der Waals surface area (Å²) in [5, 5.41) is 3.56. The number of aromatic nitrogens is 1. The van der Waals surface area contributed by atoms with E-state index < -0.39 is 5.25 Å². The molecule has 1 fully saturated rings. The number of hydrogen-bond acceptors (Lipinski definition) is 4. The second kappa shape index (κ2) is 14.0. The highest BCUT2D eigenvalue weighted by molar-refractivity contribution is 8.01. The summed E-state index contributed by atoms with van der Waals surface area (Å²) in [4.78, 5) is 31.3. The number of fused-ring (bicyclic) bond motifs is 1. The Morgan fingerprint density at radius 3 is 2.88 bits per heavy atom. The number of amides is 2. The number of para-hydroxylation sites is 1. The Kier molecular flexibility index (Phi) is 10.2. The lowest BCUT2D eigenvalue weighted by Gasteiger charge is -2.24. The molecule has 4 N–H and O–H groups in total. The highest BCUT2D eigenvalue weighted by Gasteiger charge is 2.41. The fraction of sp³-hybridized carbons (Fsp3) is 0.333. The molecule has 1 aromatic carbocycles. The van der Waals surface area contributed by atoms with Crippen LogP contribution >= 0.6 is 11.8 Å². The molecule has 2 unspecified atom stereocenters. The first kappa shape index (κ1) is 29.1. The minimum Gasteiger partial charge on any atom is -0.402 e. The lowest BCUT2D eigenvalue weighted by molar-refractivity contribution is -0.131. The lowest BCUT2D eigenvalue weighted by atomic mass is 10.1. The number of hydrogen-bond donors (Lipinski definition) is 3. The SMILES string of the molecule is C=C(N)CCN1C(=O)C(CC(=O)NCCc2c[nH]c3ccccc23)SC1/C(C)=C/C=C(\C)C#CC1=CCCC=C1. The van der Waals surface area contributed by atoms with Gasteiger partial charge < -0.3 is 20.9 Å². The van der Waals surface area contributed by atoms with Gasteiger partial charge >= 0.3 is 0 Å². The maximum absolute atomic E-state index is 13.4. The first-order chi connectivity index (χ1) is 19.3. The molecule has 1 aliphatic heterocycles. The molecule has 40 heavy (non-hydrogen) atoms. The number of carbonyl (C=O) groups is 2. The molecule has 7 heteroatoms. The predicted octanol–water partition coefficient (Wildman–Crippen LogP) is 5.52. The third-order valence-electron chi connectivity index (χ3n) is 6.96. The number of carbonyl (C=O) groups excluding carboxylic acids is 2. The number of nitrogens with one attached hydrogen (secondary N) is 2. The lowest BCUT2D eigenvalue weighted by Crippen LogP contribution is -2.37. The normalized spacial score (nSPS) is 19.4. The van der Waals surface area contributed by atoms with Crippen LogP contribution in [0.25, 0.3) is 10.9 Å². The largest absolute Gasteiger partial charge is 0.402 e. The third-order valence-corrected chi connectivity index (χ3v) is 8.54. The summed E-state index contributed by atoms with van der Waals surface area (Å²) in [5.74, 6) is 6.27. The van der Waals surface area contributed by atoms with Gasteiger partial charge in [0.2, 0.25) is 11.8 Å². The average Bonchev–Trinajstić information content (AvgIpc) is 3.50. The molecule has 1 saturated heterocycles. The smallest absolute Gasteiger partial charge is 0.237 e. The zero-order valence-electron chi connectivity index (χ0n) is 23.3. The van der Waals surface area contributed by atoms with Crippen LogP contribution in [-0.2, 0) is 16.0 Å². The molecule has 2 heterocycles. The molecule has 1 aliphatic carbocycles. The van der Waals surface area contributed by atoms with E-state index in [1.807, 2.05) is 55.3 Å². The summed E-state index contributed by atoms with van der Waals surface area (Å²) in [6.45, 7) is 8.78. The minimum atomic E-state index is -0.442. The van der Waals surface area contributed by atoms with E-state index in [0.29, 0.717) is 25.2 Å². The maximum Gasteiger partial charge on any atom is 0.237 e. The Morgan fingerprint density at radius 1 is 1.27 bits per heavy atom. The number of allylic oxidation sites excluding steroid dienone is 7. The fourth-order valence-corrected chi connectivity index (χ4v) is 6.20. The van der Waals surface area contributed by atoms with Crippen LogP contribution in [0.5, 0.6) is 0 Å². The van der Waals surface area contributed by atoms with Crippen molar-refractivity contribution in [1.29, 1.82) is 0 Å². The molecule has 6 nitrogen and oxygen atoms in total. The van der Waals surface area contributed by atoms with Crippen molar-refractivity contribution in [3.05, 3.63) is 95.4 Å². The molecule has 2 aliphatic rings. The molecular weight excluding hydrogens is 516 g/mol. The highest BCUT2D eigenvalue weighted by atomic mass is 32.2. The summed E-state index contributed by atoms with van der Waals surface area (Å²) in [6, 6.07) is 8.12. The van der Waals surface area contributed by atoms with Crippen LogP contribution in [0, 0.1) is 11.8 Å². The number of aromatic amines is 1. The van der Waals surface area contributed by atoms with Gasteiger partial charge in [0, 0.05) is 54.3 Å². The van der Waals surface area contributed by atoms with Gasteiger partial charge in [0.15, 0.2) is 0 Å². The van der Waals surface area contributed by atoms with Crippen LogP contribution < -0.4 is 11.1 Å². The second-order valence-corrected chi connectivity index (χ2v) is 11.5. The number of nitrogens with two attached hydrogens (primary N) is 1. The van der Waals surface area contributed by atoms with E-state index in [4.69, 9.17) is 5.73 Å². The number of H-pyrrole nitrogens is 1. The monoisotopic (exact) mass is 554 g/mol. The highest BCUT2D eigenvalue weighted by Crippen LogP contribution is 2.37. The van der Waals surface area contributed by atoms with Crippen molar-refractivity contribution < 1.29 is 9.59 Å². The van der Waals surface area contributed by atoms with E-state index in [9.17, 15) is 9.59 Å². The van der Waals surface area contributed by atoms with Crippen molar-refractivity contribution in [2.24, 2.45) is 5.73 Å². The van der Waals surface area contributed by atoms with Gasteiger partial charge in [0.1, 0.15) is 0 Å². The minimum absolute atomic E-state index is 0.0349. The molecule has 0 saturated carbocycles. The first-order valence-electron chi connectivity index (χ1n) is 13.8. The number of rotatable bonds is 10. The number of nitrogens with zero attached hydrogens (tertiary/aromatic N) is 1. The Balaban J connectivity index is 1.37. The summed E-state index contributed by atoms with van der Waals surface area (Å²) < 4.78 is 0. The van der Waals surface area contributed by atoms with Crippen LogP contribution in [0.2, 0.25) is 0 Å².